The Labute approximate surface area is 129 Å². The third kappa shape index (κ3) is 2.40. The van der Waals surface area contributed by atoms with Crippen molar-refractivity contribution in [3.63, 3.8) is 0 Å². The molecule has 3 rings (SSSR count). The quantitative estimate of drug-likeness (QED) is 0.826. The molecule has 104 valence electrons. The van der Waals surface area contributed by atoms with Crippen LogP contribution in [0.4, 0.5) is 17.1 Å². The molecule has 5 nitrogen and oxygen atoms in total. The van der Waals surface area contributed by atoms with Crippen molar-refractivity contribution in [1.82, 2.24) is 0 Å². The van der Waals surface area contributed by atoms with Gasteiger partial charge in [0.05, 0.1) is 33.0 Å². The molecule has 3 N–H and O–H groups in total. The van der Waals surface area contributed by atoms with Gasteiger partial charge in [0.25, 0.3) is 0 Å². The summed E-state index contributed by atoms with van der Waals surface area (Å²) in [6.45, 7) is 0. The summed E-state index contributed by atoms with van der Waals surface area (Å²) < 4.78 is 8.23. The van der Waals surface area contributed by atoms with E-state index >= 15 is 0 Å². The standard InChI is InChI=1S/C12H10Cl2N4OS/c13-7-4-8(14)10-11(18-20-17-10)9(7)16-12(19)5-1-2-6(15)3-5/h1-2,4-6H,3,15H2,(H,16,19). The Kier molecular flexibility index (Phi) is 3.64. The molecule has 1 aromatic rings. The molecule has 0 fully saturated rings. The number of fused-ring (bicyclic) bond motifs is 1. The summed E-state index contributed by atoms with van der Waals surface area (Å²) in [4.78, 5) is 12.2. The summed E-state index contributed by atoms with van der Waals surface area (Å²) in [7, 11) is 0. The van der Waals surface area contributed by atoms with E-state index in [-0.39, 0.29) is 17.9 Å². The van der Waals surface area contributed by atoms with E-state index in [1.54, 1.807) is 12.1 Å². The molecule has 2 unspecified atom stereocenters. The number of hydrogen-bond donors (Lipinski definition) is 2. The van der Waals surface area contributed by atoms with Gasteiger partial charge in [-0.15, -0.1) is 0 Å². The molecule has 2 atom stereocenters. The van der Waals surface area contributed by atoms with Gasteiger partial charge in [-0.05, 0) is 12.5 Å². The molecule has 1 aromatic carbocycles. The summed E-state index contributed by atoms with van der Waals surface area (Å²) in [6, 6.07) is 1.48. The van der Waals surface area contributed by atoms with Crippen LogP contribution >= 0.6 is 23.2 Å². The van der Waals surface area contributed by atoms with Crippen molar-refractivity contribution in [3.05, 3.63) is 28.3 Å². The van der Waals surface area contributed by atoms with E-state index in [9.17, 15) is 4.79 Å². The average molecular weight is 329 g/mol. The van der Waals surface area contributed by atoms with Gasteiger partial charge in [-0.2, -0.15) is 8.73 Å². The third-order valence-electron chi connectivity index (χ3n) is 3.15. The highest BCUT2D eigenvalue weighted by Gasteiger charge is 2.26. The number of amides is 1. The molecule has 2 aliphatic rings. The summed E-state index contributed by atoms with van der Waals surface area (Å²) in [5.74, 6) is -0.411. The fraction of sp³-hybridized carbons (Fsp3) is 0.250. The van der Waals surface area contributed by atoms with Gasteiger partial charge in [-0.1, -0.05) is 35.4 Å². The van der Waals surface area contributed by atoms with E-state index in [1.807, 2.05) is 6.08 Å². The first kappa shape index (κ1) is 13.8. The van der Waals surface area contributed by atoms with Crippen molar-refractivity contribution in [2.75, 3.05) is 5.32 Å². The van der Waals surface area contributed by atoms with Crippen LogP contribution in [-0.2, 0) is 16.1 Å². The Morgan fingerprint density at radius 3 is 2.75 bits per heavy atom. The van der Waals surface area contributed by atoms with Crippen molar-refractivity contribution in [3.8, 4) is 0 Å². The van der Waals surface area contributed by atoms with Gasteiger partial charge in [-0.25, -0.2) is 0 Å². The zero-order valence-electron chi connectivity index (χ0n) is 10.1. The van der Waals surface area contributed by atoms with E-state index < -0.39 is 0 Å². The summed E-state index contributed by atoms with van der Waals surface area (Å²) in [6.07, 6.45) is 4.23. The minimum atomic E-state index is -0.251. The Morgan fingerprint density at radius 1 is 1.30 bits per heavy atom. The number of nitrogens with two attached hydrogens (primary N) is 1. The van der Waals surface area contributed by atoms with Crippen LogP contribution in [0.15, 0.2) is 26.9 Å². The van der Waals surface area contributed by atoms with Gasteiger partial charge >= 0.3 is 0 Å². The molecule has 0 saturated carbocycles. The second-order valence-corrected chi connectivity index (χ2v) is 5.90. The molecule has 1 heterocycles. The molecule has 0 spiro atoms. The SMILES string of the molecule is NC1C=CC(C(=O)Nc2c(Cl)cc(Cl)c3c2N=S=N3)C1. The highest BCUT2D eigenvalue weighted by atomic mass is 35.5. The van der Waals surface area contributed by atoms with Crippen LogP contribution in [0.5, 0.6) is 0 Å². The zero-order chi connectivity index (χ0) is 14.3. The van der Waals surface area contributed by atoms with Gasteiger partial charge in [-0.3, -0.25) is 4.79 Å². The predicted molar refractivity (Wildman–Crippen MR) is 81.9 cm³/mol. The lowest BCUT2D eigenvalue weighted by atomic mass is 10.1. The number of carbonyl (C=O) groups is 1. The number of hydrogen-bond acceptors (Lipinski definition) is 4. The van der Waals surface area contributed by atoms with E-state index in [2.05, 4.69) is 14.0 Å². The van der Waals surface area contributed by atoms with Gasteiger partial charge in [0, 0.05) is 6.04 Å². The number of rotatable bonds is 2. The monoisotopic (exact) mass is 328 g/mol. The van der Waals surface area contributed by atoms with Gasteiger partial charge in [0.15, 0.2) is 0 Å². The number of nitrogens with one attached hydrogen (secondary N) is 1. The van der Waals surface area contributed by atoms with Crippen molar-refractivity contribution in [2.45, 2.75) is 12.5 Å². The predicted octanol–water partition coefficient (Wildman–Crippen LogP) is 3.56. The number of anilines is 1. The Balaban J connectivity index is 1.89. The Hall–Kier alpha value is -1.21. The van der Waals surface area contributed by atoms with Crippen LogP contribution in [-0.4, -0.2) is 11.9 Å². The maximum Gasteiger partial charge on any atom is 0.231 e. The number of halogens is 2. The highest BCUT2D eigenvalue weighted by Crippen LogP contribution is 2.47. The molecule has 0 aromatic heterocycles. The number of benzene rings is 1. The van der Waals surface area contributed by atoms with Gasteiger partial charge in [0.2, 0.25) is 5.91 Å². The second-order valence-electron chi connectivity index (χ2n) is 4.56. The normalized spacial score (nSPS) is 22.8. The first-order chi connectivity index (χ1) is 9.56. The summed E-state index contributed by atoms with van der Waals surface area (Å²) in [5.41, 5.74) is 7.24. The van der Waals surface area contributed by atoms with Gasteiger partial charge in [0.1, 0.15) is 11.4 Å². The maximum atomic E-state index is 12.2. The molecule has 0 saturated heterocycles. The van der Waals surface area contributed by atoms with Crippen LogP contribution in [0.25, 0.3) is 0 Å². The summed E-state index contributed by atoms with van der Waals surface area (Å²) >= 11 is 13.2. The lowest BCUT2D eigenvalue weighted by Crippen LogP contribution is -2.24. The van der Waals surface area contributed by atoms with Crippen LogP contribution in [0, 0.1) is 5.92 Å². The molecule has 1 aliphatic heterocycles. The lowest BCUT2D eigenvalue weighted by Gasteiger charge is -2.14. The molecule has 8 heteroatoms. The van der Waals surface area contributed by atoms with Gasteiger partial charge < -0.3 is 11.1 Å². The highest BCUT2D eigenvalue weighted by molar-refractivity contribution is 7.58. The number of nitrogens with zero attached hydrogens (tertiary/aromatic N) is 2. The molecule has 1 aliphatic carbocycles. The third-order valence-corrected chi connectivity index (χ3v) is 4.26. The molecular weight excluding hydrogens is 319 g/mol. The van der Waals surface area contributed by atoms with Crippen molar-refractivity contribution in [2.24, 2.45) is 20.4 Å². The minimum absolute atomic E-state index is 0.0765. The molecule has 0 radical (unpaired) electrons. The van der Waals surface area contributed by atoms with E-state index in [4.69, 9.17) is 28.9 Å². The molecular formula is C12H10Cl2N4OS. The Bertz CT molecular complexity index is 697. The first-order valence-electron chi connectivity index (χ1n) is 5.91. The largest absolute Gasteiger partial charge is 0.324 e. The van der Waals surface area contributed by atoms with Crippen LogP contribution in [0.3, 0.4) is 0 Å². The fourth-order valence-corrected chi connectivity index (χ4v) is 3.29. The van der Waals surface area contributed by atoms with E-state index in [1.165, 1.54) is 0 Å². The first-order valence-corrected chi connectivity index (χ1v) is 7.40. The van der Waals surface area contributed by atoms with Crippen LogP contribution in [0.1, 0.15) is 6.42 Å². The maximum absolute atomic E-state index is 12.2. The molecule has 1 amide bonds. The van der Waals surface area contributed by atoms with Crippen LogP contribution < -0.4 is 11.1 Å². The minimum Gasteiger partial charge on any atom is -0.324 e. The van der Waals surface area contributed by atoms with E-state index in [0.717, 1.165) is 11.4 Å². The topological polar surface area (TPSA) is 79.8 Å². The second kappa shape index (κ2) is 5.29. The smallest absolute Gasteiger partial charge is 0.231 e. The lowest BCUT2D eigenvalue weighted by molar-refractivity contribution is -0.118. The average Bonchev–Trinajstić information content (AvgIpc) is 3.02. The summed E-state index contributed by atoms with van der Waals surface area (Å²) in [5, 5.41) is 3.56. The molecule has 20 heavy (non-hydrogen) atoms. The van der Waals surface area contributed by atoms with Crippen molar-refractivity contribution in [1.29, 1.82) is 0 Å². The van der Waals surface area contributed by atoms with Crippen molar-refractivity contribution >= 4 is 57.5 Å². The van der Waals surface area contributed by atoms with E-state index in [0.29, 0.717) is 33.5 Å². The van der Waals surface area contributed by atoms with Crippen LogP contribution in [0.2, 0.25) is 10.0 Å². The zero-order valence-corrected chi connectivity index (χ0v) is 12.5. The molecule has 0 bridgehead atoms. The van der Waals surface area contributed by atoms with Crippen molar-refractivity contribution < 1.29 is 4.79 Å². The Morgan fingerprint density at radius 2 is 2.05 bits per heavy atom. The fourth-order valence-electron chi connectivity index (χ4n) is 2.13. The number of carbonyl (C=O) groups excluding carboxylic acids is 1.